The lowest BCUT2D eigenvalue weighted by atomic mass is 10.1. The lowest BCUT2D eigenvalue weighted by Gasteiger charge is -2.17. The van der Waals surface area contributed by atoms with Crippen molar-refractivity contribution in [1.29, 1.82) is 5.41 Å². The summed E-state index contributed by atoms with van der Waals surface area (Å²) in [6.07, 6.45) is 2.27. The molecule has 0 aliphatic heterocycles. The van der Waals surface area contributed by atoms with Crippen LogP contribution in [0.25, 0.3) is 10.9 Å². The minimum Gasteiger partial charge on any atom is -0.351 e. The highest BCUT2D eigenvalue weighted by atomic mass is 35.5. The quantitative estimate of drug-likeness (QED) is 0.347. The van der Waals surface area contributed by atoms with Crippen LogP contribution in [0, 0.1) is 11.2 Å². The van der Waals surface area contributed by atoms with Gasteiger partial charge in [0.05, 0.1) is 16.2 Å². The standard InChI is InChI=1S/C21H20ClFN6O3/c22-14-6-3-4-12(18(14)23)10-26-19(30)15(8-9-24)27-21(32)28-16-11-29(20(25)31)17-7-2-1-5-13(16)17/h1-7,9,11,15,24H,8,10H2,(H2,25,31)(H,26,30)(H2,27,28,32). The van der Waals surface area contributed by atoms with Crippen LogP contribution in [0.4, 0.5) is 19.7 Å². The second-order valence-electron chi connectivity index (χ2n) is 6.79. The summed E-state index contributed by atoms with van der Waals surface area (Å²) in [7, 11) is 0. The largest absolute Gasteiger partial charge is 0.351 e. The van der Waals surface area contributed by atoms with E-state index in [9.17, 15) is 18.8 Å². The van der Waals surface area contributed by atoms with Gasteiger partial charge in [0.2, 0.25) is 5.91 Å². The van der Waals surface area contributed by atoms with Crippen LogP contribution in [0.2, 0.25) is 5.02 Å². The SMILES string of the molecule is N=CCC(NC(=O)Nc1cn(C(N)=O)c2ccccc12)C(=O)NCc1cccc(Cl)c1F. The predicted molar refractivity (Wildman–Crippen MR) is 120 cm³/mol. The molecular weight excluding hydrogens is 439 g/mol. The molecule has 2 aromatic carbocycles. The van der Waals surface area contributed by atoms with Gasteiger partial charge < -0.3 is 27.1 Å². The predicted octanol–water partition coefficient (Wildman–Crippen LogP) is 3.21. The fourth-order valence-corrected chi connectivity index (χ4v) is 3.31. The molecule has 6 N–H and O–H groups in total. The molecule has 9 nitrogen and oxygen atoms in total. The third kappa shape index (κ3) is 5.03. The van der Waals surface area contributed by atoms with Gasteiger partial charge in [-0.25, -0.2) is 14.0 Å². The Kier molecular flexibility index (Phi) is 7.06. The van der Waals surface area contributed by atoms with E-state index >= 15 is 0 Å². The first-order valence-electron chi connectivity index (χ1n) is 9.48. The average molecular weight is 459 g/mol. The van der Waals surface area contributed by atoms with Gasteiger partial charge in [0.1, 0.15) is 11.9 Å². The van der Waals surface area contributed by atoms with Crippen molar-refractivity contribution in [3.05, 3.63) is 65.1 Å². The molecule has 3 rings (SSSR count). The topological polar surface area (TPSA) is 142 Å². The smallest absolute Gasteiger partial charge is 0.323 e. The molecule has 0 bridgehead atoms. The number of fused-ring (bicyclic) bond motifs is 1. The van der Waals surface area contributed by atoms with E-state index in [4.69, 9.17) is 22.7 Å². The van der Waals surface area contributed by atoms with E-state index in [1.54, 1.807) is 30.3 Å². The molecule has 11 heteroatoms. The van der Waals surface area contributed by atoms with Gasteiger partial charge >= 0.3 is 12.1 Å². The van der Waals surface area contributed by atoms with E-state index in [-0.39, 0.29) is 23.6 Å². The number of anilines is 1. The number of carbonyl (C=O) groups is 3. The van der Waals surface area contributed by atoms with E-state index in [0.29, 0.717) is 16.6 Å². The average Bonchev–Trinajstić information content (AvgIpc) is 3.13. The van der Waals surface area contributed by atoms with Crippen LogP contribution in [0.1, 0.15) is 12.0 Å². The number of primary amides is 1. The van der Waals surface area contributed by atoms with Gasteiger partial charge in [0.25, 0.3) is 0 Å². The van der Waals surface area contributed by atoms with Crippen LogP contribution in [0.5, 0.6) is 0 Å². The fraction of sp³-hybridized carbons (Fsp3) is 0.143. The Morgan fingerprint density at radius 2 is 1.94 bits per heavy atom. The van der Waals surface area contributed by atoms with Crippen molar-refractivity contribution in [2.45, 2.75) is 19.0 Å². The lowest BCUT2D eigenvalue weighted by molar-refractivity contribution is -0.122. The molecule has 1 heterocycles. The van der Waals surface area contributed by atoms with Crippen molar-refractivity contribution in [2.75, 3.05) is 5.32 Å². The minimum atomic E-state index is -1.08. The molecule has 4 amide bonds. The van der Waals surface area contributed by atoms with Crippen LogP contribution in [-0.2, 0) is 11.3 Å². The molecule has 0 aliphatic carbocycles. The van der Waals surface area contributed by atoms with Crippen molar-refractivity contribution >= 4 is 52.4 Å². The molecule has 0 saturated heterocycles. The molecule has 1 aromatic heterocycles. The highest BCUT2D eigenvalue weighted by molar-refractivity contribution is 6.30. The van der Waals surface area contributed by atoms with Gasteiger partial charge in [0.15, 0.2) is 0 Å². The summed E-state index contributed by atoms with van der Waals surface area (Å²) >= 11 is 5.74. The molecule has 0 spiro atoms. The Labute approximate surface area is 187 Å². The third-order valence-electron chi connectivity index (χ3n) is 4.66. The van der Waals surface area contributed by atoms with Crippen molar-refractivity contribution in [3.63, 3.8) is 0 Å². The molecule has 32 heavy (non-hydrogen) atoms. The fourth-order valence-electron chi connectivity index (χ4n) is 3.12. The first-order chi connectivity index (χ1) is 15.3. The van der Waals surface area contributed by atoms with Crippen molar-refractivity contribution in [3.8, 4) is 0 Å². The number of carbonyl (C=O) groups excluding carboxylic acids is 3. The van der Waals surface area contributed by atoms with Crippen molar-refractivity contribution in [1.82, 2.24) is 15.2 Å². The Bertz CT molecular complexity index is 1200. The highest BCUT2D eigenvalue weighted by Gasteiger charge is 2.21. The van der Waals surface area contributed by atoms with E-state index < -0.39 is 29.8 Å². The molecular formula is C21H20ClFN6O3. The number of urea groups is 1. The second-order valence-corrected chi connectivity index (χ2v) is 7.20. The Morgan fingerprint density at radius 1 is 1.19 bits per heavy atom. The zero-order valence-corrected chi connectivity index (χ0v) is 17.4. The first kappa shape index (κ1) is 22.8. The summed E-state index contributed by atoms with van der Waals surface area (Å²) in [5.41, 5.74) is 6.37. The van der Waals surface area contributed by atoms with Crippen LogP contribution < -0.4 is 21.7 Å². The number of nitrogens with one attached hydrogen (secondary N) is 4. The zero-order valence-electron chi connectivity index (χ0n) is 16.7. The molecule has 3 aromatic rings. The van der Waals surface area contributed by atoms with E-state index in [0.717, 1.165) is 6.21 Å². The van der Waals surface area contributed by atoms with Gasteiger partial charge in [-0.2, -0.15) is 0 Å². The third-order valence-corrected chi connectivity index (χ3v) is 4.95. The number of benzene rings is 2. The van der Waals surface area contributed by atoms with Crippen molar-refractivity contribution in [2.24, 2.45) is 5.73 Å². The molecule has 166 valence electrons. The van der Waals surface area contributed by atoms with Gasteiger partial charge in [-0.05, 0) is 18.3 Å². The first-order valence-corrected chi connectivity index (χ1v) is 9.86. The van der Waals surface area contributed by atoms with E-state index in [2.05, 4.69) is 16.0 Å². The van der Waals surface area contributed by atoms with E-state index in [1.165, 1.54) is 22.9 Å². The summed E-state index contributed by atoms with van der Waals surface area (Å²) in [6.45, 7) is -0.144. The van der Waals surface area contributed by atoms with Crippen LogP contribution in [0.15, 0.2) is 48.7 Å². The number of aromatic nitrogens is 1. The summed E-state index contributed by atoms with van der Waals surface area (Å²) < 4.78 is 15.2. The lowest BCUT2D eigenvalue weighted by Crippen LogP contribution is -2.48. The number of hydrogen-bond donors (Lipinski definition) is 5. The maximum absolute atomic E-state index is 14.0. The monoisotopic (exact) mass is 458 g/mol. The molecule has 0 fully saturated rings. The summed E-state index contributed by atoms with van der Waals surface area (Å²) in [6, 6.07) is 8.71. The minimum absolute atomic E-state index is 0.0691. The van der Waals surface area contributed by atoms with E-state index in [1.807, 2.05) is 0 Å². The van der Waals surface area contributed by atoms with Gasteiger partial charge in [0, 0.05) is 30.1 Å². The molecule has 0 saturated carbocycles. The summed E-state index contributed by atoms with van der Waals surface area (Å²) in [4.78, 5) is 36.7. The summed E-state index contributed by atoms with van der Waals surface area (Å²) in [5.74, 6) is -1.25. The van der Waals surface area contributed by atoms with Gasteiger partial charge in [-0.3, -0.25) is 9.36 Å². The Morgan fingerprint density at radius 3 is 2.66 bits per heavy atom. The maximum atomic E-state index is 14.0. The normalized spacial score (nSPS) is 11.6. The Balaban J connectivity index is 1.69. The number of halogens is 2. The number of nitrogens with zero attached hydrogens (tertiary/aromatic N) is 1. The van der Waals surface area contributed by atoms with Crippen LogP contribution >= 0.6 is 11.6 Å². The van der Waals surface area contributed by atoms with Crippen LogP contribution in [0.3, 0.4) is 0 Å². The van der Waals surface area contributed by atoms with Crippen LogP contribution in [-0.4, -0.2) is 34.8 Å². The molecule has 1 unspecified atom stereocenters. The number of hydrogen-bond acceptors (Lipinski definition) is 4. The number of para-hydroxylation sites is 1. The van der Waals surface area contributed by atoms with Gasteiger partial charge in [-0.15, -0.1) is 0 Å². The molecule has 0 radical (unpaired) electrons. The number of rotatable bonds is 7. The highest BCUT2D eigenvalue weighted by Crippen LogP contribution is 2.25. The van der Waals surface area contributed by atoms with Gasteiger partial charge in [-0.1, -0.05) is 41.9 Å². The Hall–Kier alpha value is -3.92. The number of nitrogens with two attached hydrogens (primary N) is 1. The zero-order chi connectivity index (χ0) is 23.3. The second kappa shape index (κ2) is 9.92. The maximum Gasteiger partial charge on any atom is 0.323 e. The van der Waals surface area contributed by atoms with Crippen molar-refractivity contribution < 1.29 is 18.8 Å². The number of amides is 4. The molecule has 0 aliphatic rings. The molecule has 1 atom stereocenters. The summed E-state index contributed by atoms with van der Waals surface area (Å²) in [5, 5.41) is 15.4.